The van der Waals surface area contributed by atoms with E-state index < -0.39 is 0 Å². The summed E-state index contributed by atoms with van der Waals surface area (Å²) in [6.45, 7) is 1.01. The molecule has 0 bridgehead atoms. The van der Waals surface area contributed by atoms with Crippen LogP contribution in [-0.2, 0) is 0 Å². The standard InChI is InChI=1S/C14H13BrClN3/c15-12-8-11(16)9-18-14(12)19-7-1-2-13(19)10-3-5-17-6-4-10/h3-6,8-9,13H,1-2,7H2. The van der Waals surface area contributed by atoms with E-state index in [2.05, 4.69) is 42.9 Å². The van der Waals surface area contributed by atoms with E-state index in [1.54, 1.807) is 6.20 Å². The zero-order valence-electron chi connectivity index (χ0n) is 10.3. The Hall–Kier alpha value is -1.13. The highest BCUT2D eigenvalue weighted by atomic mass is 79.9. The van der Waals surface area contributed by atoms with Crippen LogP contribution in [0.3, 0.4) is 0 Å². The van der Waals surface area contributed by atoms with Gasteiger partial charge in [-0.25, -0.2) is 4.98 Å². The van der Waals surface area contributed by atoms with Crippen molar-refractivity contribution in [3.63, 3.8) is 0 Å². The summed E-state index contributed by atoms with van der Waals surface area (Å²) in [4.78, 5) is 10.9. The normalized spacial score (nSPS) is 18.8. The fourth-order valence-electron chi connectivity index (χ4n) is 2.57. The van der Waals surface area contributed by atoms with Crippen LogP contribution >= 0.6 is 27.5 Å². The van der Waals surface area contributed by atoms with Gasteiger partial charge in [0.1, 0.15) is 5.82 Å². The largest absolute Gasteiger partial charge is 0.349 e. The predicted octanol–water partition coefficient (Wildman–Crippen LogP) is 4.23. The van der Waals surface area contributed by atoms with Crippen LogP contribution in [0.25, 0.3) is 0 Å². The Balaban J connectivity index is 1.95. The quantitative estimate of drug-likeness (QED) is 0.820. The van der Waals surface area contributed by atoms with Gasteiger partial charge in [0.2, 0.25) is 0 Å². The Morgan fingerprint density at radius 1 is 1.32 bits per heavy atom. The van der Waals surface area contributed by atoms with Gasteiger partial charge in [0, 0.05) is 25.1 Å². The molecule has 98 valence electrons. The Bertz CT molecular complexity index is 576. The SMILES string of the molecule is Clc1cnc(N2CCCC2c2ccncc2)c(Br)c1. The predicted molar refractivity (Wildman–Crippen MR) is 80.5 cm³/mol. The minimum atomic E-state index is 0.368. The third-order valence-electron chi connectivity index (χ3n) is 3.40. The number of aromatic nitrogens is 2. The number of rotatable bonds is 2. The van der Waals surface area contributed by atoms with Gasteiger partial charge in [0.25, 0.3) is 0 Å². The molecule has 1 unspecified atom stereocenters. The van der Waals surface area contributed by atoms with Crippen molar-refractivity contribution < 1.29 is 0 Å². The van der Waals surface area contributed by atoms with E-state index in [1.807, 2.05) is 18.5 Å². The van der Waals surface area contributed by atoms with Crippen LogP contribution in [0, 0.1) is 0 Å². The second-order valence-corrected chi connectivity index (χ2v) is 5.88. The maximum absolute atomic E-state index is 5.96. The number of anilines is 1. The van der Waals surface area contributed by atoms with E-state index in [1.165, 1.54) is 12.0 Å². The zero-order chi connectivity index (χ0) is 13.2. The number of hydrogen-bond acceptors (Lipinski definition) is 3. The Kier molecular flexibility index (Phi) is 3.71. The molecule has 0 aliphatic carbocycles. The summed E-state index contributed by atoms with van der Waals surface area (Å²) in [5.41, 5.74) is 1.29. The highest BCUT2D eigenvalue weighted by Gasteiger charge is 2.28. The average Bonchev–Trinajstić information content (AvgIpc) is 2.89. The molecule has 19 heavy (non-hydrogen) atoms. The van der Waals surface area contributed by atoms with Crippen LogP contribution < -0.4 is 4.90 Å². The molecule has 0 N–H and O–H groups in total. The van der Waals surface area contributed by atoms with Crippen LogP contribution in [0.2, 0.25) is 5.02 Å². The maximum atomic E-state index is 5.96. The molecule has 1 fully saturated rings. The Morgan fingerprint density at radius 3 is 2.84 bits per heavy atom. The van der Waals surface area contributed by atoms with Crippen molar-refractivity contribution in [2.45, 2.75) is 18.9 Å². The molecule has 3 nitrogen and oxygen atoms in total. The van der Waals surface area contributed by atoms with E-state index in [9.17, 15) is 0 Å². The second-order valence-electron chi connectivity index (χ2n) is 4.59. The van der Waals surface area contributed by atoms with Crippen LogP contribution in [-0.4, -0.2) is 16.5 Å². The fourth-order valence-corrected chi connectivity index (χ4v) is 3.44. The lowest BCUT2D eigenvalue weighted by atomic mass is 10.1. The Labute approximate surface area is 125 Å². The number of halogens is 2. The zero-order valence-corrected chi connectivity index (χ0v) is 12.6. The summed E-state index contributed by atoms with van der Waals surface area (Å²) in [7, 11) is 0. The summed E-state index contributed by atoms with van der Waals surface area (Å²) in [5, 5.41) is 0.648. The molecule has 1 aliphatic heterocycles. The molecule has 0 spiro atoms. The highest BCUT2D eigenvalue weighted by Crippen LogP contribution is 2.38. The first-order chi connectivity index (χ1) is 9.25. The van der Waals surface area contributed by atoms with Gasteiger partial charge in [-0.1, -0.05) is 11.6 Å². The first-order valence-electron chi connectivity index (χ1n) is 6.23. The minimum absolute atomic E-state index is 0.368. The molecule has 5 heteroatoms. The molecule has 0 radical (unpaired) electrons. The molecule has 1 atom stereocenters. The molecular formula is C14H13BrClN3. The molecular weight excluding hydrogens is 326 g/mol. The number of pyridine rings is 2. The lowest BCUT2D eigenvalue weighted by Gasteiger charge is -2.26. The maximum Gasteiger partial charge on any atom is 0.143 e. The van der Waals surface area contributed by atoms with Crippen LogP contribution in [0.1, 0.15) is 24.4 Å². The number of hydrogen-bond donors (Lipinski definition) is 0. The summed E-state index contributed by atoms with van der Waals surface area (Å²) < 4.78 is 0.945. The average molecular weight is 339 g/mol. The third kappa shape index (κ3) is 2.60. The summed E-state index contributed by atoms with van der Waals surface area (Å²) in [6, 6.07) is 6.42. The van der Waals surface area contributed by atoms with Crippen LogP contribution in [0.5, 0.6) is 0 Å². The van der Waals surface area contributed by atoms with E-state index in [0.29, 0.717) is 11.1 Å². The van der Waals surface area contributed by atoms with Gasteiger partial charge in [-0.15, -0.1) is 0 Å². The van der Waals surface area contributed by atoms with Gasteiger partial charge < -0.3 is 4.90 Å². The van der Waals surface area contributed by atoms with Crippen molar-refractivity contribution in [2.75, 3.05) is 11.4 Å². The van der Waals surface area contributed by atoms with Crippen LogP contribution in [0.4, 0.5) is 5.82 Å². The van der Waals surface area contributed by atoms with Crippen molar-refractivity contribution in [1.82, 2.24) is 9.97 Å². The van der Waals surface area contributed by atoms with Crippen molar-refractivity contribution in [2.24, 2.45) is 0 Å². The molecule has 3 rings (SSSR count). The summed E-state index contributed by atoms with van der Waals surface area (Å²) in [5.74, 6) is 0.962. The van der Waals surface area contributed by atoms with Gasteiger partial charge in [0.05, 0.1) is 15.5 Å². The molecule has 0 amide bonds. The van der Waals surface area contributed by atoms with Gasteiger partial charge in [-0.3, -0.25) is 4.98 Å². The molecule has 3 heterocycles. The minimum Gasteiger partial charge on any atom is -0.349 e. The van der Waals surface area contributed by atoms with E-state index in [-0.39, 0.29) is 0 Å². The van der Waals surface area contributed by atoms with Crippen molar-refractivity contribution >= 4 is 33.3 Å². The molecule has 1 saturated heterocycles. The topological polar surface area (TPSA) is 29.0 Å². The first kappa shape index (κ1) is 12.9. The van der Waals surface area contributed by atoms with E-state index >= 15 is 0 Å². The van der Waals surface area contributed by atoms with Crippen LogP contribution in [0.15, 0.2) is 41.3 Å². The lowest BCUT2D eigenvalue weighted by molar-refractivity contribution is 0.709. The third-order valence-corrected chi connectivity index (χ3v) is 4.19. The second kappa shape index (κ2) is 5.47. The lowest BCUT2D eigenvalue weighted by Crippen LogP contribution is -2.23. The molecule has 0 saturated carbocycles. The van der Waals surface area contributed by atoms with Gasteiger partial charge in [0.15, 0.2) is 0 Å². The fraction of sp³-hybridized carbons (Fsp3) is 0.286. The molecule has 2 aromatic rings. The molecule has 0 aromatic carbocycles. The van der Waals surface area contributed by atoms with Crippen molar-refractivity contribution in [3.8, 4) is 0 Å². The smallest absolute Gasteiger partial charge is 0.143 e. The monoisotopic (exact) mass is 337 g/mol. The highest BCUT2D eigenvalue weighted by molar-refractivity contribution is 9.10. The van der Waals surface area contributed by atoms with Crippen molar-refractivity contribution in [1.29, 1.82) is 0 Å². The molecule has 1 aliphatic rings. The summed E-state index contributed by atoms with van der Waals surface area (Å²) in [6.07, 6.45) is 7.69. The first-order valence-corrected chi connectivity index (χ1v) is 7.40. The van der Waals surface area contributed by atoms with Gasteiger partial charge in [-0.2, -0.15) is 0 Å². The summed E-state index contributed by atoms with van der Waals surface area (Å²) >= 11 is 9.51. The van der Waals surface area contributed by atoms with Gasteiger partial charge in [-0.05, 0) is 52.5 Å². The van der Waals surface area contributed by atoms with Gasteiger partial charge >= 0.3 is 0 Å². The van der Waals surface area contributed by atoms with Crippen molar-refractivity contribution in [3.05, 3.63) is 51.8 Å². The molecule has 2 aromatic heterocycles. The van der Waals surface area contributed by atoms with E-state index in [0.717, 1.165) is 23.3 Å². The number of nitrogens with zero attached hydrogens (tertiary/aromatic N) is 3. The van der Waals surface area contributed by atoms with E-state index in [4.69, 9.17) is 11.6 Å². The Morgan fingerprint density at radius 2 is 2.11 bits per heavy atom.